The molecule has 0 aliphatic carbocycles. The number of halogens is 2. The van der Waals surface area contributed by atoms with Crippen LogP contribution in [0, 0.1) is 23.0 Å². The topological polar surface area (TPSA) is 143 Å². The molecule has 10 nitrogen and oxygen atoms in total. The van der Waals surface area contributed by atoms with Gasteiger partial charge in [-0.3, -0.25) is 4.40 Å². The monoisotopic (exact) mass is 495 g/mol. The summed E-state index contributed by atoms with van der Waals surface area (Å²) in [6.07, 6.45) is 1.43. The van der Waals surface area contributed by atoms with Gasteiger partial charge < -0.3 is 10.8 Å². The number of aliphatic hydroxyl groups is 1. The summed E-state index contributed by atoms with van der Waals surface area (Å²) in [5.74, 6) is -2.23. The Morgan fingerprint density at radius 1 is 1.00 bits per heavy atom. The van der Waals surface area contributed by atoms with Crippen LogP contribution in [0.1, 0.15) is 23.1 Å². The van der Waals surface area contributed by atoms with Gasteiger partial charge in [-0.1, -0.05) is 24.3 Å². The lowest BCUT2D eigenvalue weighted by Gasteiger charge is -2.13. The molecule has 4 heterocycles. The van der Waals surface area contributed by atoms with Crippen molar-refractivity contribution in [3.8, 4) is 28.6 Å². The van der Waals surface area contributed by atoms with E-state index in [4.69, 9.17) is 5.73 Å². The second-order valence-electron chi connectivity index (χ2n) is 8.11. The summed E-state index contributed by atoms with van der Waals surface area (Å²) in [4.78, 5) is 8.81. The number of nitriles is 1. The average Bonchev–Trinajstić information content (AvgIpc) is 3.56. The molecule has 0 aliphatic rings. The normalized spacial score (nSPS) is 12.2. The zero-order valence-corrected chi connectivity index (χ0v) is 18.8. The zero-order chi connectivity index (χ0) is 25.7. The maximum absolute atomic E-state index is 14.4. The molecule has 0 saturated carbocycles. The first-order valence-corrected chi connectivity index (χ1v) is 10.9. The van der Waals surface area contributed by atoms with Crippen molar-refractivity contribution in [3.63, 3.8) is 0 Å². The predicted molar refractivity (Wildman–Crippen MR) is 128 cm³/mol. The average molecular weight is 495 g/mol. The minimum absolute atomic E-state index is 0.0582. The highest BCUT2D eigenvalue weighted by molar-refractivity contribution is 5.85. The Kier molecular flexibility index (Phi) is 5.06. The SMILES string of the molecule is N#Cc1ccccc1-c1nc(N)c2nc(C(O)c3c(F)cccc3F)nn2c1-c1ccc2nncn2c1. The van der Waals surface area contributed by atoms with Crippen LogP contribution in [0.5, 0.6) is 0 Å². The van der Waals surface area contributed by atoms with Crippen LogP contribution in [0.4, 0.5) is 14.6 Å². The van der Waals surface area contributed by atoms with Crippen LogP contribution in [0.3, 0.4) is 0 Å². The molecule has 37 heavy (non-hydrogen) atoms. The van der Waals surface area contributed by atoms with E-state index in [2.05, 4.69) is 31.3 Å². The van der Waals surface area contributed by atoms with Crippen LogP contribution in [0.25, 0.3) is 33.8 Å². The van der Waals surface area contributed by atoms with Gasteiger partial charge in [-0.05, 0) is 30.3 Å². The number of hydrogen-bond donors (Lipinski definition) is 2. The number of nitrogens with two attached hydrogens (primary N) is 1. The molecule has 0 fully saturated rings. The van der Waals surface area contributed by atoms with Crippen LogP contribution in [0.2, 0.25) is 0 Å². The van der Waals surface area contributed by atoms with E-state index in [0.717, 1.165) is 12.1 Å². The lowest BCUT2D eigenvalue weighted by atomic mass is 10.0. The molecule has 0 bridgehead atoms. The van der Waals surface area contributed by atoms with Gasteiger partial charge >= 0.3 is 0 Å². The first kappa shape index (κ1) is 22.2. The maximum atomic E-state index is 14.4. The molecule has 3 N–H and O–H groups in total. The van der Waals surface area contributed by atoms with Crippen LogP contribution in [0.15, 0.2) is 67.1 Å². The first-order valence-electron chi connectivity index (χ1n) is 10.9. The number of aliphatic hydroxyl groups excluding tert-OH is 1. The zero-order valence-electron chi connectivity index (χ0n) is 18.8. The second kappa shape index (κ2) is 8.43. The standard InChI is InChI=1S/C25H15F2N9O/c26-16-6-3-7-17(27)19(16)22(37)24-32-25-23(29)31-20(15-5-2-1-4-13(15)10-28)21(36(25)34-24)14-8-9-18-33-30-12-35(18)11-14/h1-9,11-12,22,37H,(H2,29,31). The van der Waals surface area contributed by atoms with Gasteiger partial charge in [0.05, 0.1) is 17.2 Å². The fraction of sp³-hybridized carbons (Fsp3) is 0.0400. The highest BCUT2D eigenvalue weighted by Gasteiger charge is 2.27. The summed E-state index contributed by atoms with van der Waals surface area (Å²) in [5, 5.41) is 32.9. The summed E-state index contributed by atoms with van der Waals surface area (Å²) < 4.78 is 31.8. The highest BCUT2D eigenvalue weighted by Crippen LogP contribution is 2.35. The Bertz CT molecular complexity index is 1850. The number of hydrogen-bond acceptors (Lipinski definition) is 8. The smallest absolute Gasteiger partial charge is 0.199 e. The molecule has 12 heteroatoms. The maximum Gasteiger partial charge on any atom is 0.199 e. The summed E-state index contributed by atoms with van der Waals surface area (Å²) in [6.45, 7) is 0. The Labute approximate surface area is 206 Å². The molecule has 0 aliphatic heterocycles. The van der Waals surface area contributed by atoms with E-state index in [1.165, 1.54) is 16.9 Å². The lowest BCUT2D eigenvalue weighted by Crippen LogP contribution is -2.08. The van der Waals surface area contributed by atoms with Crippen molar-refractivity contribution in [2.75, 3.05) is 5.73 Å². The van der Waals surface area contributed by atoms with Crippen LogP contribution in [-0.2, 0) is 0 Å². The summed E-state index contributed by atoms with van der Waals surface area (Å²) in [6, 6.07) is 15.7. The molecule has 180 valence electrons. The fourth-order valence-corrected chi connectivity index (χ4v) is 4.19. The van der Waals surface area contributed by atoms with Gasteiger partial charge in [0.25, 0.3) is 0 Å². The minimum Gasteiger partial charge on any atom is -0.381 e. The van der Waals surface area contributed by atoms with Gasteiger partial charge in [-0.15, -0.1) is 15.3 Å². The number of rotatable bonds is 4. The van der Waals surface area contributed by atoms with Crippen LogP contribution >= 0.6 is 0 Å². The van der Waals surface area contributed by atoms with E-state index in [0.29, 0.717) is 33.7 Å². The minimum atomic E-state index is -1.82. The van der Waals surface area contributed by atoms with Crippen molar-refractivity contribution < 1.29 is 13.9 Å². The van der Waals surface area contributed by atoms with Gasteiger partial charge in [0.2, 0.25) is 0 Å². The van der Waals surface area contributed by atoms with E-state index in [1.807, 2.05) is 0 Å². The largest absolute Gasteiger partial charge is 0.381 e. The third-order valence-corrected chi connectivity index (χ3v) is 5.91. The number of aromatic nitrogens is 7. The Morgan fingerprint density at radius 2 is 1.78 bits per heavy atom. The van der Waals surface area contributed by atoms with E-state index in [-0.39, 0.29) is 17.3 Å². The number of pyridine rings is 1. The second-order valence-corrected chi connectivity index (χ2v) is 8.11. The molecule has 6 rings (SSSR count). The van der Waals surface area contributed by atoms with E-state index >= 15 is 0 Å². The van der Waals surface area contributed by atoms with E-state index in [1.54, 1.807) is 47.0 Å². The van der Waals surface area contributed by atoms with Crippen molar-refractivity contribution in [1.82, 2.24) is 34.2 Å². The summed E-state index contributed by atoms with van der Waals surface area (Å²) >= 11 is 0. The van der Waals surface area contributed by atoms with Crippen LogP contribution in [-0.4, -0.2) is 39.3 Å². The van der Waals surface area contributed by atoms with E-state index in [9.17, 15) is 19.1 Å². The van der Waals surface area contributed by atoms with Crippen LogP contribution < -0.4 is 5.73 Å². The van der Waals surface area contributed by atoms with E-state index < -0.39 is 23.3 Å². The molecule has 0 spiro atoms. The quantitative estimate of drug-likeness (QED) is 0.379. The Morgan fingerprint density at radius 3 is 2.57 bits per heavy atom. The number of anilines is 1. The first-order chi connectivity index (χ1) is 18.0. The van der Waals surface area contributed by atoms with Gasteiger partial charge in [0.1, 0.15) is 35.5 Å². The molecule has 6 aromatic rings. The molecule has 2 aromatic carbocycles. The van der Waals surface area contributed by atoms with Crippen molar-refractivity contribution in [3.05, 3.63) is 95.7 Å². The Hall–Kier alpha value is -5.28. The number of nitrogens with zero attached hydrogens (tertiary/aromatic N) is 8. The predicted octanol–water partition coefficient (Wildman–Crippen LogP) is 3.31. The summed E-state index contributed by atoms with van der Waals surface area (Å²) in [7, 11) is 0. The van der Waals surface area contributed by atoms with Gasteiger partial charge in [-0.25, -0.2) is 23.3 Å². The number of nitrogen functional groups attached to an aromatic ring is 1. The molecule has 0 amide bonds. The third-order valence-electron chi connectivity index (χ3n) is 5.91. The molecule has 1 unspecified atom stereocenters. The molecular weight excluding hydrogens is 480 g/mol. The molecule has 0 saturated heterocycles. The van der Waals surface area contributed by atoms with Gasteiger partial charge in [-0.2, -0.15) is 5.26 Å². The van der Waals surface area contributed by atoms with Crippen molar-refractivity contribution in [1.29, 1.82) is 5.26 Å². The van der Waals surface area contributed by atoms with Gasteiger partial charge in [0, 0.05) is 17.3 Å². The molecular formula is C25H15F2N9O. The number of fused-ring (bicyclic) bond motifs is 2. The van der Waals surface area contributed by atoms with Crippen molar-refractivity contribution >= 4 is 17.1 Å². The summed E-state index contributed by atoms with van der Waals surface area (Å²) in [5.41, 5.74) is 8.40. The number of benzene rings is 2. The van der Waals surface area contributed by atoms with Crippen molar-refractivity contribution in [2.24, 2.45) is 0 Å². The molecule has 0 radical (unpaired) electrons. The van der Waals surface area contributed by atoms with Gasteiger partial charge in [0.15, 0.2) is 22.9 Å². The lowest BCUT2D eigenvalue weighted by molar-refractivity contribution is 0.199. The van der Waals surface area contributed by atoms with Crippen molar-refractivity contribution in [2.45, 2.75) is 6.10 Å². The molecule has 1 atom stereocenters. The fourth-order valence-electron chi connectivity index (χ4n) is 4.19. The Balaban J connectivity index is 1.66. The highest BCUT2D eigenvalue weighted by atomic mass is 19.1. The molecule has 4 aromatic heterocycles. The third kappa shape index (κ3) is 3.53.